The topological polar surface area (TPSA) is 35.9 Å². The highest BCUT2D eigenvalue weighted by Gasteiger charge is 2.22. The molecule has 2 aliphatic rings. The van der Waals surface area contributed by atoms with E-state index in [-0.39, 0.29) is 5.75 Å². The smallest absolute Gasteiger partial charge is 0.127 e. The van der Waals surface area contributed by atoms with Crippen LogP contribution in [0, 0.1) is 0 Å². The molecular weight excluding hydrogens is 408 g/mol. The Hall–Kier alpha value is -3.24. The van der Waals surface area contributed by atoms with Crippen molar-refractivity contribution < 1.29 is 9.84 Å². The Bertz CT molecular complexity index is 1130. The first kappa shape index (κ1) is 21.6. The third-order valence-corrected chi connectivity index (χ3v) is 6.85. The number of fused-ring (bicyclic) bond motifs is 1. The largest absolute Gasteiger partial charge is 0.508 e. The maximum absolute atomic E-state index is 9.80. The molecule has 1 fully saturated rings. The van der Waals surface area contributed by atoms with Crippen LogP contribution in [-0.2, 0) is 0 Å². The van der Waals surface area contributed by atoms with Crippen LogP contribution >= 0.6 is 0 Å². The van der Waals surface area contributed by atoms with Crippen molar-refractivity contribution in [3.8, 4) is 11.5 Å². The number of anilines is 1. The molecule has 0 atom stereocenters. The number of benzene rings is 3. The molecule has 0 aliphatic carbocycles. The number of nitrogens with zero attached hydrogens (tertiary/aromatic N) is 2. The fourth-order valence-electron chi connectivity index (χ4n) is 4.97. The number of para-hydroxylation sites is 1. The van der Waals surface area contributed by atoms with Crippen LogP contribution in [0.4, 0.5) is 5.69 Å². The van der Waals surface area contributed by atoms with Crippen molar-refractivity contribution in [3.05, 3.63) is 89.5 Å². The monoisotopic (exact) mass is 440 g/mol. The van der Waals surface area contributed by atoms with Gasteiger partial charge in [-0.05, 0) is 66.5 Å². The van der Waals surface area contributed by atoms with Gasteiger partial charge in [-0.25, -0.2) is 0 Å². The van der Waals surface area contributed by atoms with E-state index in [9.17, 15) is 5.11 Å². The number of hydrogen-bond donors (Lipinski definition) is 1. The summed E-state index contributed by atoms with van der Waals surface area (Å²) in [6, 6.07) is 25.5. The first-order valence-electron chi connectivity index (χ1n) is 11.9. The Kier molecular flexibility index (Phi) is 6.10. The minimum Gasteiger partial charge on any atom is -0.508 e. The Labute approximate surface area is 196 Å². The van der Waals surface area contributed by atoms with E-state index in [4.69, 9.17) is 4.74 Å². The Morgan fingerprint density at radius 3 is 2.15 bits per heavy atom. The normalized spacial score (nSPS) is 17.0. The molecule has 0 radical (unpaired) electrons. The van der Waals surface area contributed by atoms with Gasteiger partial charge in [0, 0.05) is 49.9 Å². The van der Waals surface area contributed by atoms with Crippen LogP contribution in [0.2, 0.25) is 0 Å². The van der Waals surface area contributed by atoms with E-state index in [0.29, 0.717) is 12.6 Å². The summed E-state index contributed by atoms with van der Waals surface area (Å²) in [5.74, 6) is 1.21. The molecule has 0 unspecified atom stereocenters. The third kappa shape index (κ3) is 4.49. The number of phenolic OH excluding ortho intramolecular Hbond substituents is 1. The maximum atomic E-state index is 9.80. The molecule has 2 aliphatic heterocycles. The Morgan fingerprint density at radius 2 is 1.45 bits per heavy atom. The Morgan fingerprint density at radius 1 is 0.788 bits per heavy atom. The first-order valence-corrected chi connectivity index (χ1v) is 11.9. The summed E-state index contributed by atoms with van der Waals surface area (Å²) < 4.78 is 6.12. The molecule has 0 aromatic heterocycles. The van der Waals surface area contributed by atoms with E-state index in [0.717, 1.165) is 49.5 Å². The fourth-order valence-corrected chi connectivity index (χ4v) is 4.97. The van der Waals surface area contributed by atoms with Crippen molar-refractivity contribution in [2.24, 2.45) is 0 Å². The van der Waals surface area contributed by atoms with E-state index in [1.54, 1.807) is 12.1 Å². The predicted octanol–water partition coefficient (Wildman–Crippen LogP) is 5.66. The summed E-state index contributed by atoms with van der Waals surface area (Å²) in [4.78, 5) is 5.03. The minimum absolute atomic E-state index is 0.285. The second kappa shape index (κ2) is 9.32. The van der Waals surface area contributed by atoms with Gasteiger partial charge in [0.1, 0.15) is 11.5 Å². The highest BCUT2D eigenvalue weighted by atomic mass is 16.5. The van der Waals surface area contributed by atoms with E-state index in [1.807, 2.05) is 18.2 Å². The van der Waals surface area contributed by atoms with E-state index < -0.39 is 0 Å². The van der Waals surface area contributed by atoms with Gasteiger partial charge in [-0.2, -0.15) is 0 Å². The maximum Gasteiger partial charge on any atom is 0.127 e. The van der Waals surface area contributed by atoms with Gasteiger partial charge >= 0.3 is 0 Å². The van der Waals surface area contributed by atoms with Gasteiger partial charge in [-0.3, -0.25) is 4.90 Å². The van der Waals surface area contributed by atoms with Gasteiger partial charge in [0.05, 0.1) is 6.61 Å². The van der Waals surface area contributed by atoms with Crippen LogP contribution in [0.5, 0.6) is 11.5 Å². The number of rotatable bonds is 4. The zero-order chi connectivity index (χ0) is 22.8. The number of aromatic hydroxyl groups is 1. The van der Waals surface area contributed by atoms with Crippen molar-refractivity contribution in [1.82, 2.24) is 4.90 Å². The van der Waals surface area contributed by atoms with Crippen molar-refractivity contribution >= 4 is 16.8 Å². The quantitative estimate of drug-likeness (QED) is 0.568. The number of piperazine rings is 1. The molecule has 4 heteroatoms. The summed E-state index contributed by atoms with van der Waals surface area (Å²) in [5, 5.41) is 9.80. The van der Waals surface area contributed by atoms with Crippen LogP contribution in [0.25, 0.3) is 11.1 Å². The van der Waals surface area contributed by atoms with Crippen LogP contribution in [-0.4, -0.2) is 48.8 Å². The second-order valence-electron chi connectivity index (χ2n) is 9.16. The van der Waals surface area contributed by atoms with Gasteiger partial charge < -0.3 is 14.7 Å². The van der Waals surface area contributed by atoms with E-state index >= 15 is 0 Å². The lowest BCUT2D eigenvalue weighted by Gasteiger charge is -2.38. The van der Waals surface area contributed by atoms with Gasteiger partial charge in [0.25, 0.3) is 0 Å². The molecule has 2 heterocycles. The first-order chi connectivity index (χ1) is 16.1. The third-order valence-electron chi connectivity index (χ3n) is 6.85. The average molecular weight is 441 g/mol. The molecule has 1 N–H and O–H groups in total. The average Bonchev–Trinajstić information content (AvgIpc) is 3.04. The van der Waals surface area contributed by atoms with Crippen LogP contribution in [0.15, 0.2) is 72.8 Å². The van der Waals surface area contributed by atoms with Crippen LogP contribution in [0.3, 0.4) is 0 Å². The number of hydrogen-bond acceptors (Lipinski definition) is 4. The zero-order valence-corrected chi connectivity index (χ0v) is 19.5. The SMILES string of the molecule is CC(C)N1CCN(c2ccc(C3=C(c4ccc(O)cc4)CCOc4ccccc43)cc2)CC1. The van der Waals surface area contributed by atoms with E-state index in [1.165, 1.54) is 22.4 Å². The molecule has 0 spiro atoms. The lowest BCUT2D eigenvalue weighted by molar-refractivity contribution is 0.209. The second-order valence-corrected chi connectivity index (χ2v) is 9.16. The predicted molar refractivity (Wildman–Crippen MR) is 136 cm³/mol. The molecule has 33 heavy (non-hydrogen) atoms. The molecule has 4 nitrogen and oxygen atoms in total. The molecule has 1 saturated heterocycles. The van der Waals surface area contributed by atoms with Crippen molar-refractivity contribution in [2.45, 2.75) is 26.3 Å². The van der Waals surface area contributed by atoms with Crippen LogP contribution < -0.4 is 9.64 Å². The summed E-state index contributed by atoms with van der Waals surface area (Å²) >= 11 is 0. The molecular formula is C29H32N2O2. The van der Waals surface area contributed by atoms with Gasteiger partial charge in [-0.15, -0.1) is 0 Å². The molecule has 0 amide bonds. The summed E-state index contributed by atoms with van der Waals surface area (Å²) in [6.45, 7) is 9.54. The van der Waals surface area contributed by atoms with Gasteiger partial charge in [0.15, 0.2) is 0 Å². The highest BCUT2D eigenvalue weighted by molar-refractivity contribution is 6.00. The lowest BCUT2D eigenvalue weighted by Crippen LogP contribution is -2.48. The summed E-state index contributed by atoms with van der Waals surface area (Å²) in [6.07, 6.45) is 0.813. The minimum atomic E-state index is 0.285. The molecule has 0 bridgehead atoms. The molecule has 5 rings (SSSR count). The lowest BCUT2D eigenvalue weighted by atomic mass is 9.88. The Balaban J connectivity index is 1.52. The summed E-state index contributed by atoms with van der Waals surface area (Å²) in [7, 11) is 0. The van der Waals surface area contributed by atoms with Gasteiger partial charge in [0.2, 0.25) is 0 Å². The summed E-state index contributed by atoms with van der Waals surface area (Å²) in [5.41, 5.74) is 7.18. The standard InChI is InChI=1S/C29H32N2O2/c1-21(2)30-16-18-31(19-17-30)24-11-7-23(8-12-24)29-26(22-9-13-25(32)14-10-22)15-20-33-28-6-4-3-5-27(28)29/h3-14,21,32H,15-20H2,1-2H3. The highest BCUT2D eigenvalue weighted by Crippen LogP contribution is 2.41. The molecule has 170 valence electrons. The fraction of sp³-hybridized carbons (Fsp3) is 0.310. The van der Waals surface area contributed by atoms with Crippen molar-refractivity contribution in [3.63, 3.8) is 0 Å². The van der Waals surface area contributed by atoms with Gasteiger partial charge in [-0.1, -0.05) is 42.5 Å². The molecule has 0 saturated carbocycles. The molecule has 3 aromatic rings. The van der Waals surface area contributed by atoms with Crippen molar-refractivity contribution in [1.29, 1.82) is 0 Å². The number of ether oxygens (including phenoxy) is 1. The van der Waals surface area contributed by atoms with Crippen LogP contribution in [0.1, 0.15) is 37.0 Å². The molecule has 3 aromatic carbocycles. The zero-order valence-electron chi connectivity index (χ0n) is 19.5. The van der Waals surface area contributed by atoms with E-state index in [2.05, 4.69) is 66.1 Å². The van der Waals surface area contributed by atoms with Crippen molar-refractivity contribution in [2.75, 3.05) is 37.7 Å². The number of phenols is 1.